The Morgan fingerprint density at radius 3 is 2.65 bits per heavy atom. The van der Waals surface area contributed by atoms with E-state index >= 15 is 0 Å². The van der Waals surface area contributed by atoms with E-state index in [1.165, 1.54) is 43.7 Å². The van der Waals surface area contributed by atoms with Gasteiger partial charge in [0.2, 0.25) is 5.75 Å². The van der Waals surface area contributed by atoms with Crippen molar-refractivity contribution in [1.82, 2.24) is 0 Å². The first-order valence-electron chi connectivity index (χ1n) is 8.09. The second-order valence-corrected chi connectivity index (χ2v) is 5.41. The van der Waals surface area contributed by atoms with Crippen molar-refractivity contribution in [2.45, 2.75) is 19.8 Å². The molecule has 1 N–H and O–H groups in total. The monoisotopic (exact) mass is 361 g/mol. The molecule has 0 spiro atoms. The van der Waals surface area contributed by atoms with Crippen molar-refractivity contribution >= 4 is 17.6 Å². The molecule has 8 heteroatoms. The Labute approximate surface area is 150 Å². The second kappa shape index (κ2) is 9.36. The van der Waals surface area contributed by atoms with Gasteiger partial charge in [-0.15, -0.1) is 0 Å². The van der Waals surface area contributed by atoms with Crippen LogP contribution in [-0.4, -0.2) is 24.9 Å². The summed E-state index contributed by atoms with van der Waals surface area (Å²) in [5.41, 5.74) is 3.58. The summed E-state index contributed by atoms with van der Waals surface area (Å²) in [6.07, 6.45) is 3.11. The number of hydrogen-bond donors (Lipinski definition) is 1. The Morgan fingerprint density at radius 1 is 1.31 bits per heavy atom. The second-order valence-electron chi connectivity index (χ2n) is 5.41. The molecule has 2 aromatic rings. The topological polar surface area (TPSA) is 86.0 Å². The summed E-state index contributed by atoms with van der Waals surface area (Å²) in [5.74, 6) is 0.0201. The molecular weight excluding hydrogens is 341 g/mol. The Bertz CT molecular complexity index is 779. The van der Waals surface area contributed by atoms with Crippen LogP contribution in [0.5, 0.6) is 11.5 Å². The van der Waals surface area contributed by atoms with Gasteiger partial charge in [-0.25, -0.2) is 4.39 Å². The number of halogens is 1. The van der Waals surface area contributed by atoms with Crippen molar-refractivity contribution in [1.29, 1.82) is 0 Å². The molecule has 0 aliphatic heterocycles. The van der Waals surface area contributed by atoms with Crippen molar-refractivity contribution in [3.63, 3.8) is 0 Å². The lowest BCUT2D eigenvalue weighted by atomic mass is 10.2. The highest BCUT2D eigenvalue weighted by Gasteiger charge is 2.22. The number of nitrogens with zero attached hydrogens (tertiary/aromatic N) is 2. The smallest absolute Gasteiger partial charge is 0.315 e. The molecule has 0 atom stereocenters. The van der Waals surface area contributed by atoms with E-state index in [1.54, 1.807) is 6.07 Å². The number of hydrogen-bond acceptors (Lipinski definition) is 6. The number of nitro groups is 1. The Kier molecular flexibility index (Phi) is 6.90. The molecule has 0 bridgehead atoms. The normalized spacial score (nSPS) is 10.7. The van der Waals surface area contributed by atoms with Gasteiger partial charge in [-0.05, 0) is 36.8 Å². The van der Waals surface area contributed by atoms with Crippen LogP contribution in [0.15, 0.2) is 41.5 Å². The third-order valence-corrected chi connectivity index (χ3v) is 3.47. The number of unbranched alkanes of at least 4 members (excludes halogenated alkanes) is 1. The van der Waals surface area contributed by atoms with E-state index in [-0.39, 0.29) is 23.0 Å². The number of nitrogens with one attached hydrogen (secondary N) is 1. The molecule has 0 aliphatic rings. The molecule has 0 aromatic heterocycles. The van der Waals surface area contributed by atoms with E-state index in [2.05, 4.69) is 10.5 Å². The largest absolute Gasteiger partial charge is 0.493 e. The fourth-order valence-electron chi connectivity index (χ4n) is 2.14. The average Bonchev–Trinajstić information content (AvgIpc) is 2.63. The van der Waals surface area contributed by atoms with Crippen LogP contribution in [0.2, 0.25) is 0 Å². The van der Waals surface area contributed by atoms with Crippen LogP contribution in [-0.2, 0) is 0 Å². The number of hydrazone groups is 1. The van der Waals surface area contributed by atoms with E-state index < -0.39 is 4.92 Å². The van der Waals surface area contributed by atoms with E-state index in [0.29, 0.717) is 17.9 Å². The zero-order valence-corrected chi connectivity index (χ0v) is 14.6. The maximum Gasteiger partial charge on any atom is 0.315 e. The highest BCUT2D eigenvalue weighted by molar-refractivity contribution is 5.83. The summed E-state index contributed by atoms with van der Waals surface area (Å²) < 4.78 is 23.6. The summed E-state index contributed by atoms with van der Waals surface area (Å²) in [7, 11) is 1.42. The lowest BCUT2D eigenvalue weighted by molar-refractivity contribution is -0.386. The fourth-order valence-corrected chi connectivity index (χ4v) is 2.14. The van der Waals surface area contributed by atoms with Gasteiger partial charge in [-0.2, -0.15) is 5.10 Å². The number of nitro benzene ring substituents is 1. The fraction of sp³-hybridized carbons (Fsp3) is 0.278. The van der Waals surface area contributed by atoms with Crippen molar-refractivity contribution in [3.8, 4) is 11.5 Å². The molecule has 26 heavy (non-hydrogen) atoms. The zero-order valence-electron chi connectivity index (χ0n) is 14.6. The van der Waals surface area contributed by atoms with Gasteiger partial charge in [-0.1, -0.05) is 13.3 Å². The molecule has 0 aliphatic carbocycles. The maximum absolute atomic E-state index is 12.9. The minimum Gasteiger partial charge on any atom is -0.493 e. The van der Waals surface area contributed by atoms with Crippen LogP contribution >= 0.6 is 0 Å². The van der Waals surface area contributed by atoms with Gasteiger partial charge < -0.3 is 9.47 Å². The Hall–Kier alpha value is -3.16. The number of rotatable bonds is 9. The minimum atomic E-state index is -0.519. The summed E-state index contributed by atoms with van der Waals surface area (Å²) in [4.78, 5) is 10.9. The molecule has 7 nitrogen and oxygen atoms in total. The molecule has 138 valence electrons. The summed E-state index contributed by atoms with van der Waals surface area (Å²) >= 11 is 0. The van der Waals surface area contributed by atoms with Crippen LogP contribution < -0.4 is 14.9 Å². The van der Waals surface area contributed by atoms with Gasteiger partial charge in [0, 0.05) is 11.6 Å². The molecule has 0 radical (unpaired) electrons. The van der Waals surface area contributed by atoms with Crippen LogP contribution in [0.4, 0.5) is 15.8 Å². The first-order chi connectivity index (χ1) is 12.5. The first kappa shape index (κ1) is 19.2. The SMILES string of the molecule is CCCCOc1c(OC)cc(/C=N/Nc2ccc(F)cc2)cc1[N+](=O)[O-]. The number of methoxy groups -OCH3 is 1. The number of benzene rings is 2. The van der Waals surface area contributed by atoms with E-state index in [4.69, 9.17) is 9.47 Å². The van der Waals surface area contributed by atoms with E-state index in [9.17, 15) is 14.5 Å². The van der Waals surface area contributed by atoms with Gasteiger partial charge in [0.05, 0.1) is 30.5 Å². The lowest BCUT2D eigenvalue weighted by Crippen LogP contribution is -2.03. The lowest BCUT2D eigenvalue weighted by Gasteiger charge is -2.11. The molecule has 0 fully saturated rings. The average molecular weight is 361 g/mol. The highest BCUT2D eigenvalue weighted by atomic mass is 19.1. The zero-order chi connectivity index (χ0) is 18.9. The standard InChI is InChI=1S/C18H20FN3O4/c1-3-4-9-26-18-16(22(23)24)10-13(11-17(18)25-2)12-20-21-15-7-5-14(19)6-8-15/h5-8,10-12,21H,3-4,9H2,1-2H3/b20-12+. The van der Waals surface area contributed by atoms with Gasteiger partial charge >= 0.3 is 5.69 Å². The van der Waals surface area contributed by atoms with Crippen molar-refractivity contribution < 1.29 is 18.8 Å². The molecule has 0 amide bonds. The molecule has 0 heterocycles. The highest BCUT2D eigenvalue weighted by Crippen LogP contribution is 2.38. The third-order valence-electron chi connectivity index (χ3n) is 3.47. The van der Waals surface area contributed by atoms with E-state index in [1.807, 2.05) is 6.92 Å². The quantitative estimate of drug-likeness (QED) is 0.310. The van der Waals surface area contributed by atoms with Gasteiger partial charge in [0.15, 0.2) is 5.75 Å². The maximum atomic E-state index is 12.9. The molecule has 0 saturated heterocycles. The summed E-state index contributed by atoms with van der Waals surface area (Å²) in [6, 6.07) is 8.62. The van der Waals surface area contributed by atoms with Crippen LogP contribution in [0.1, 0.15) is 25.3 Å². The minimum absolute atomic E-state index is 0.106. The Morgan fingerprint density at radius 2 is 2.04 bits per heavy atom. The predicted molar refractivity (Wildman–Crippen MR) is 97.7 cm³/mol. The van der Waals surface area contributed by atoms with E-state index in [0.717, 1.165) is 12.8 Å². The molecule has 0 unspecified atom stereocenters. The molecule has 2 rings (SSSR count). The van der Waals surface area contributed by atoms with Gasteiger partial charge in [0.1, 0.15) is 5.82 Å². The molecule has 0 saturated carbocycles. The Balaban J connectivity index is 2.22. The van der Waals surface area contributed by atoms with Crippen molar-refractivity contribution in [2.75, 3.05) is 19.1 Å². The first-order valence-corrected chi connectivity index (χ1v) is 8.09. The predicted octanol–water partition coefficient (Wildman–Crippen LogP) is 4.37. The molecular formula is C18H20FN3O4. The third kappa shape index (κ3) is 5.17. The van der Waals surface area contributed by atoms with Crippen LogP contribution in [0.25, 0.3) is 0 Å². The van der Waals surface area contributed by atoms with Gasteiger partial charge in [-0.3, -0.25) is 15.5 Å². The van der Waals surface area contributed by atoms with Crippen molar-refractivity contribution in [3.05, 3.63) is 57.9 Å². The number of ether oxygens (including phenoxy) is 2. The summed E-state index contributed by atoms with van der Waals surface area (Å²) in [6.45, 7) is 2.37. The summed E-state index contributed by atoms with van der Waals surface area (Å²) in [5, 5.41) is 15.4. The van der Waals surface area contributed by atoms with Gasteiger partial charge in [0.25, 0.3) is 0 Å². The molecule has 2 aromatic carbocycles. The van der Waals surface area contributed by atoms with Crippen LogP contribution in [0, 0.1) is 15.9 Å². The number of anilines is 1. The van der Waals surface area contributed by atoms with Crippen molar-refractivity contribution in [2.24, 2.45) is 5.10 Å². The van der Waals surface area contributed by atoms with Crippen LogP contribution in [0.3, 0.4) is 0 Å².